The number of hydrogen-bond acceptors (Lipinski definition) is 7. The summed E-state index contributed by atoms with van der Waals surface area (Å²) in [5.41, 5.74) is 0. The van der Waals surface area contributed by atoms with Crippen molar-refractivity contribution < 1.29 is 9.32 Å². The smallest absolute Gasteiger partial charge is 0.230 e. The van der Waals surface area contributed by atoms with E-state index in [1.807, 2.05) is 17.9 Å². The molecule has 1 N–H and O–H groups in total. The summed E-state index contributed by atoms with van der Waals surface area (Å²) in [6, 6.07) is 3.64. The summed E-state index contributed by atoms with van der Waals surface area (Å²) in [4.78, 5) is 24.0. The van der Waals surface area contributed by atoms with Crippen LogP contribution in [-0.4, -0.2) is 52.1 Å². The second-order valence-corrected chi connectivity index (χ2v) is 5.18. The van der Waals surface area contributed by atoms with Crippen molar-refractivity contribution in [3.8, 4) is 0 Å². The molecule has 1 aliphatic heterocycles. The first-order valence-electron chi connectivity index (χ1n) is 7.15. The Bertz CT molecular complexity index is 663. The van der Waals surface area contributed by atoms with E-state index >= 15 is 0 Å². The van der Waals surface area contributed by atoms with Crippen LogP contribution in [0.1, 0.15) is 12.7 Å². The fourth-order valence-corrected chi connectivity index (χ4v) is 2.38. The lowest BCUT2D eigenvalue weighted by atomic mass is 10.3. The predicted octanol–water partition coefficient (Wildman–Crippen LogP) is 1.19. The van der Waals surface area contributed by atoms with Crippen LogP contribution in [0.25, 0.3) is 0 Å². The third-order valence-corrected chi connectivity index (χ3v) is 3.56. The molecule has 1 aliphatic rings. The molecule has 0 unspecified atom stereocenters. The largest absolute Gasteiger partial charge is 0.360 e. The van der Waals surface area contributed by atoms with Crippen molar-refractivity contribution >= 4 is 23.5 Å². The van der Waals surface area contributed by atoms with E-state index in [1.165, 1.54) is 0 Å². The summed E-state index contributed by atoms with van der Waals surface area (Å²) in [5.74, 6) is 2.72. The predicted molar refractivity (Wildman–Crippen MR) is 81.0 cm³/mol. The van der Waals surface area contributed by atoms with Crippen molar-refractivity contribution in [2.75, 3.05) is 36.4 Å². The Morgan fingerprint density at radius 1 is 1.32 bits per heavy atom. The number of carbonyl (C=O) groups is 1. The molecular weight excluding hydrogens is 284 g/mol. The number of carbonyl (C=O) groups excluding carboxylic acids is 1. The van der Waals surface area contributed by atoms with Gasteiger partial charge < -0.3 is 19.6 Å². The lowest BCUT2D eigenvalue weighted by Crippen LogP contribution is -2.48. The number of nitrogens with one attached hydrogen (secondary N) is 1. The minimum Gasteiger partial charge on any atom is -0.360 e. The summed E-state index contributed by atoms with van der Waals surface area (Å²) >= 11 is 0. The summed E-state index contributed by atoms with van der Waals surface area (Å²) in [6.45, 7) is 6.37. The summed E-state index contributed by atoms with van der Waals surface area (Å²) in [6.07, 6.45) is 1.70. The molecule has 8 heteroatoms. The van der Waals surface area contributed by atoms with Crippen LogP contribution in [0.3, 0.4) is 0 Å². The lowest BCUT2D eigenvalue weighted by molar-refractivity contribution is -0.129. The average molecular weight is 302 g/mol. The molecule has 0 aliphatic carbocycles. The summed E-state index contributed by atoms with van der Waals surface area (Å²) < 4.78 is 5.00. The lowest BCUT2D eigenvalue weighted by Gasteiger charge is -2.34. The zero-order chi connectivity index (χ0) is 15.5. The van der Waals surface area contributed by atoms with Crippen LogP contribution in [-0.2, 0) is 4.79 Å². The second kappa shape index (κ2) is 6.00. The third-order valence-electron chi connectivity index (χ3n) is 3.56. The van der Waals surface area contributed by atoms with Gasteiger partial charge in [-0.3, -0.25) is 4.79 Å². The van der Waals surface area contributed by atoms with Gasteiger partial charge in [-0.1, -0.05) is 5.16 Å². The molecule has 8 nitrogen and oxygen atoms in total. The van der Waals surface area contributed by atoms with Crippen LogP contribution in [0.2, 0.25) is 0 Å². The number of nitrogens with zero attached hydrogens (tertiary/aromatic N) is 5. The first-order chi connectivity index (χ1) is 10.6. The zero-order valence-electron chi connectivity index (χ0n) is 12.6. The first kappa shape index (κ1) is 14.3. The molecule has 0 spiro atoms. The number of hydrogen-bond donors (Lipinski definition) is 1. The molecular formula is C14H18N6O2. The van der Waals surface area contributed by atoms with Gasteiger partial charge in [0.25, 0.3) is 0 Å². The summed E-state index contributed by atoms with van der Waals surface area (Å²) in [5, 5.41) is 6.87. The minimum atomic E-state index is 0.117. The SMILES string of the molecule is CC(=O)N1CCN(c2ccnc(Nc3cc(C)on3)n2)CC1. The molecule has 0 aromatic carbocycles. The zero-order valence-corrected chi connectivity index (χ0v) is 12.6. The maximum atomic E-state index is 11.4. The average Bonchev–Trinajstić information content (AvgIpc) is 2.93. The molecule has 116 valence electrons. The standard InChI is InChI=1S/C14H18N6O2/c1-10-9-12(18-22-10)16-14-15-4-3-13(17-14)20-7-5-19(6-8-20)11(2)21/h3-4,9H,5-8H2,1-2H3,(H,15,16,17,18). The molecule has 1 amide bonds. The van der Waals surface area contributed by atoms with Crippen LogP contribution in [0, 0.1) is 6.92 Å². The number of rotatable bonds is 3. The maximum Gasteiger partial charge on any atom is 0.230 e. The molecule has 0 saturated carbocycles. The highest BCUT2D eigenvalue weighted by atomic mass is 16.5. The van der Waals surface area contributed by atoms with E-state index in [-0.39, 0.29) is 5.91 Å². The van der Waals surface area contributed by atoms with E-state index in [4.69, 9.17) is 4.52 Å². The van der Waals surface area contributed by atoms with Gasteiger partial charge >= 0.3 is 0 Å². The van der Waals surface area contributed by atoms with Gasteiger partial charge in [-0.15, -0.1) is 0 Å². The highest BCUT2D eigenvalue weighted by Gasteiger charge is 2.19. The van der Waals surface area contributed by atoms with Crippen molar-refractivity contribution in [1.82, 2.24) is 20.0 Å². The number of piperazine rings is 1. The Morgan fingerprint density at radius 3 is 2.73 bits per heavy atom. The molecule has 3 heterocycles. The molecule has 1 fully saturated rings. The van der Waals surface area contributed by atoms with Gasteiger partial charge in [0.15, 0.2) is 5.82 Å². The van der Waals surface area contributed by atoms with E-state index in [0.717, 1.165) is 24.7 Å². The first-order valence-corrected chi connectivity index (χ1v) is 7.15. The van der Waals surface area contributed by atoms with E-state index in [9.17, 15) is 4.79 Å². The van der Waals surface area contributed by atoms with Crippen molar-refractivity contribution in [3.05, 3.63) is 24.1 Å². The molecule has 0 radical (unpaired) electrons. The third kappa shape index (κ3) is 3.16. The summed E-state index contributed by atoms with van der Waals surface area (Å²) in [7, 11) is 0. The van der Waals surface area contributed by atoms with Crippen molar-refractivity contribution in [2.24, 2.45) is 0 Å². The molecule has 22 heavy (non-hydrogen) atoms. The fourth-order valence-electron chi connectivity index (χ4n) is 2.38. The highest BCUT2D eigenvalue weighted by molar-refractivity contribution is 5.73. The molecule has 2 aromatic rings. The topological polar surface area (TPSA) is 87.4 Å². The number of amides is 1. The van der Waals surface area contributed by atoms with Crippen molar-refractivity contribution in [1.29, 1.82) is 0 Å². The van der Waals surface area contributed by atoms with Crippen LogP contribution in [0.5, 0.6) is 0 Å². The van der Waals surface area contributed by atoms with E-state index in [2.05, 4.69) is 25.3 Å². The van der Waals surface area contributed by atoms with Gasteiger partial charge in [-0.2, -0.15) is 4.98 Å². The van der Waals surface area contributed by atoms with E-state index < -0.39 is 0 Å². The van der Waals surface area contributed by atoms with E-state index in [0.29, 0.717) is 24.9 Å². The quantitative estimate of drug-likeness (QED) is 0.911. The number of anilines is 3. The van der Waals surface area contributed by atoms with Crippen molar-refractivity contribution in [2.45, 2.75) is 13.8 Å². The van der Waals surface area contributed by atoms with Gasteiger partial charge in [-0.25, -0.2) is 4.98 Å². The Morgan fingerprint density at radius 2 is 2.09 bits per heavy atom. The fraction of sp³-hybridized carbons (Fsp3) is 0.429. The van der Waals surface area contributed by atoms with Gasteiger partial charge in [-0.05, 0) is 13.0 Å². The Hall–Kier alpha value is -2.64. The van der Waals surface area contributed by atoms with Gasteiger partial charge in [0.2, 0.25) is 11.9 Å². The van der Waals surface area contributed by atoms with Gasteiger partial charge in [0.1, 0.15) is 11.6 Å². The second-order valence-electron chi connectivity index (χ2n) is 5.18. The minimum absolute atomic E-state index is 0.117. The molecule has 0 bridgehead atoms. The Kier molecular flexibility index (Phi) is 3.90. The Balaban J connectivity index is 1.68. The maximum absolute atomic E-state index is 11.4. The van der Waals surface area contributed by atoms with Crippen LogP contribution < -0.4 is 10.2 Å². The molecule has 1 saturated heterocycles. The Labute approximate surface area is 128 Å². The van der Waals surface area contributed by atoms with Crippen LogP contribution in [0.15, 0.2) is 22.9 Å². The normalized spacial score (nSPS) is 15.0. The van der Waals surface area contributed by atoms with Gasteiger partial charge in [0.05, 0.1) is 0 Å². The van der Waals surface area contributed by atoms with Gasteiger partial charge in [0, 0.05) is 45.4 Å². The number of aromatic nitrogens is 3. The van der Waals surface area contributed by atoms with Crippen molar-refractivity contribution in [3.63, 3.8) is 0 Å². The van der Waals surface area contributed by atoms with Crippen LogP contribution >= 0.6 is 0 Å². The molecule has 2 aromatic heterocycles. The highest BCUT2D eigenvalue weighted by Crippen LogP contribution is 2.17. The van der Waals surface area contributed by atoms with Crippen LogP contribution in [0.4, 0.5) is 17.6 Å². The monoisotopic (exact) mass is 302 g/mol. The van der Waals surface area contributed by atoms with E-state index in [1.54, 1.807) is 19.2 Å². The number of aryl methyl sites for hydroxylation is 1. The molecule has 3 rings (SSSR count). The molecule has 0 atom stereocenters.